The van der Waals surface area contributed by atoms with Crippen molar-refractivity contribution >= 4 is 34.7 Å². The molecule has 0 unspecified atom stereocenters. The van der Waals surface area contributed by atoms with Crippen LogP contribution in [-0.2, 0) is 0 Å². The lowest BCUT2D eigenvalue weighted by Gasteiger charge is -2.35. The Labute approximate surface area is 175 Å². The summed E-state index contributed by atoms with van der Waals surface area (Å²) in [5.74, 6) is -1.57. The standard InChI is InChI=1S/C21H18F2N4O2S/c22-14-3-5-16(17(23)12-14)20(28)25-15-4-6-19(24-13-15)26-7-9-27(10-8-26)21(29)18-2-1-11-30-18/h1-6,11-13H,7-10H2,(H,25,28). The highest BCUT2D eigenvalue weighted by atomic mass is 32.1. The molecule has 1 N–H and O–H groups in total. The molecule has 1 fully saturated rings. The number of anilines is 2. The number of halogens is 2. The fraction of sp³-hybridized carbons (Fsp3) is 0.190. The van der Waals surface area contributed by atoms with Gasteiger partial charge in [-0.1, -0.05) is 6.07 Å². The number of rotatable bonds is 4. The molecule has 3 heterocycles. The average molecular weight is 428 g/mol. The number of nitrogens with zero attached hydrogens (tertiary/aromatic N) is 3. The number of pyridine rings is 1. The predicted molar refractivity (Wildman–Crippen MR) is 111 cm³/mol. The second-order valence-electron chi connectivity index (χ2n) is 6.74. The van der Waals surface area contributed by atoms with Gasteiger partial charge in [-0.15, -0.1) is 11.3 Å². The Balaban J connectivity index is 1.35. The van der Waals surface area contributed by atoms with Gasteiger partial charge in [-0.25, -0.2) is 13.8 Å². The molecule has 1 aliphatic rings. The third kappa shape index (κ3) is 4.30. The zero-order valence-corrected chi connectivity index (χ0v) is 16.7. The Bertz CT molecular complexity index is 1050. The summed E-state index contributed by atoms with van der Waals surface area (Å²) in [5.41, 5.74) is 0.158. The number of amides is 2. The van der Waals surface area contributed by atoms with Crippen LogP contribution in [0.1, 0.15) is 20.0 Å². The number of aromatic nitrogens is 1. The third-order valence-electron chi connectivity index (χ3n) is 4.80. The Kier molecular flexibility index (Phi) is 5.71. The fourth-order valence-electron chi connectivity index (χ4n) is 3.21. The van der Waals surface area contributed by atoms with Crippen molar-refractivity contribution in [2.24, 2.45) is 0 Å². The maximum absolute atomic E-state index is 13.7. The first-order valence-electron chi connectivity index (χ1n) is 9.31. The third-order valence-corrected chi connectivity index (χ3v) is 5.66. The highest BCUT2D eigenvalue weighted by Gasteiger charge is 2.23. The van der Waals surface area contributed by atoms with Gasteiger partial charge in [0.15, 0.2) is 0 Å². The van der Waals surface area contributed by atoms with E-state index in [4.69, 9.17) is 0 Å². The van der Waals surface area contributed by atoms with Crippen LogP contribution in [-0.4, -0.2) is 47.9 Å². The van der Waals surface area contributed by atoms with Crippen LogP contribution in [0.15, 0.2) is 54.0 Å². The molecule has 6 nitrogen and oxygen atoms in total. The van der Waals surface area contributed by atoms with Crippen molar-refractivity contribution in [1.29, 1.82) is 0 Å². The first kappa shape index (κ1) is 20.0. The number of thiophene rings is 1. The van der Waals surface area contributed by atoms with Crippen molar-refractivity contribution in [2.75, 3.05) is 36.4 Å². The Morgan fingerprint density at radius 1 is 1.03 bits per heavy atom. The number of carbonyl (C=O) groups is 2. The van der Waals surface area contributed by atoms with Gasteiger partial charge in [0.25, 0.3) is 11.8 Å². The Morgan fingerprint density at radius 2 is 1.83 bits per heavy atom. The summed E-state index contributed by atoms with van der Waals surface area (Å²) in [4.78, 5) is 33.6. The van der Waals surface area contributed by atoms with E-state index in [1.807, 2.05) is 22.4 Å². The maximum atomic E-state index is 13.7. The van der Waals surface area contributed by atoms with Crippen molar-refractivity contribution in [3.8, 4) is 0 Å². The zero-order valence-electron chi connectivity index (χ0n) is 15.8. The molecule has 9 heteroatoms. The van der Waals surface area contributed by atoms with Gasteiger partial charge < -0.3 is 15.1 Å². The topological polar surface area (TPSA) is 65.5 Å². The smallest absolute Gasteiger partial charge is 0.264 e. The van der Waals surface area contributed by atoms with Gasteiger partial charge in [0.2, 0.25) is 0 Å². The fourth-order valence-corrected chi connectivity index (χ4v) is 3.90. The van der Waals surface area contributed by atoms with Crippen LogP contribution in [0.3, 0.4) is 0 Å². The van der Waals surface area contributed by atoms with Gasteiger partial charge in [0, 0.05) is 32.2 Å². The second-order valence-corrected chi connectivity index (χ2v) is 7.69. The number of carbonyl (C=O) groups excluding carboxylic acids is 2. The Morgan fingerprint density at radius 3 is 2.47 bits per heavy atom. The van der Waals surface area contributed by atoms with Crippen LogP contribution in [0.4, 0.5) is 20.3 Å². The van der Waals surface area contributed by atoms with Gasteiger partial charge in [-0.2, -0.15) is 0 Å². The molecule has 4 rings (SSSR count). The minimum absolute atomic E-state index is 0.0451. The number of hydrogen-bond acceptors (Lipinski definition) is 5. The molecule has 3 aromatic rings. The number of piperazine rings is 1. The van der Waals surface area contributed by atoms with Crippen molar-refractivity contribution < 1.29 is 18.4 Å². The summed E-state index contributed by atoms with van der Waals surface area (Å²) in [6, 6.07) is 9.91. The molecule has 30 heavy (non-hydrogen) atoms. The van der Waals surface area contributed by atoms with Crippen molar-refractivity contribution in [1.82, 2.24) is 9.88 Å². The van der Waals surface area contributed by atoms with Crippen molar-refractivity contribution in [2.45, 2.75) is 0 Å². The summed E-state index contributed by atoms with van der Waals surface area (Å²) in [6.07, 6.45) is 1.48. The van der Waals surface area contributed by atoms with E-state index in [1.165, 1.54) is 17.5 Å². The summed E-state index contributed by atoms with van der Waals surface area (Å²) in [6.45, 7) is 2.49. The van der Waals surface area contributed by atoms with E-state index >= 15 is 0 Å². The minimum atomic E-state index is -0.924. The van der Waals surface area contributed by atoms with E-state index in [9.17, 15) is 18.4 Å². The normalized spacial score (nSPS) is 13.9. The van der Waals surface area contributed by atoms with Crippen LogP contribution >= 0.6 is 11.3 Å². The molecule has 154 valence electrons. The quantitative estimate of drug-likeness (QED) is 0.689. The first-order chi connectivity index (χ1) is 14.5. The molecule has 0 saturated carbocycles. The summed E-state index contributed by atoms with van der Waals surface area (Å²) in [5, 5.41) is 4.44. The maximum Gasteiger partial charge on any atom is 0.264 e. The van der Waals surface area contributed by atoms with Gasteiger partial charge in [-0.3, -0.25) is 9.59 Å². The number of nitrogens with one attached hydrogen (secondary N) is 1. The van der Waals surface area contributed by atoms with Gasteiger partial charge in [0.05, 0.1) is 22.3 Å². The van der Waals surface area contributed by atoms with Crippen LogP contribution < -0.4 is 10.2 Å². The van der Waals surface area contributed by atoms with Crippen LogP contribution in [0, 0.1) is 11.6 Å². The highest BCUT2D eigenvalue weighted by molar-refractivity contribution is 7.12. The molecule has 0 bridgehead atoms. The summed E-state index contributed by atoms with van der Waals surface area (Å²) in [7, 11) is 0. The molecule has 0 aliphatic carbocycles. The zero-order chi connectivity index (χ0) is 21.1. The molecular weight excluding hydrogens is 410 g/mol. The number of hydrogen-bond donors (Lipinski definition) is 1. The molecule has 2 amide bonds. The monoisotopic (exact) mass is 428 g/mol. The van der Waals surface area contributed by atoms with E-state index in [2.05, 4.69) is 15.2 Å². The molecular formula is C21H18F2N4O2S. The first-order valence-corrected chi connectivity index (χ1v) is 10.2. The molecule has 1 aliphatic heterocycles. The van der Waals surface area contributed by atoms with Gasteiger partial charge in [-0.05, 0) is 35.7 Å². The minimum Gasteiger partial charge on any atom is -0.353 e. The van der Waals surface area contributed by atoms with Gasteiger partial charge >= 0.3 is 0 Å². The molecule has 1 aromatic carbocycles. The number of benzene rings is 1. The van der Waals surface area contributed by atoms with E-state index in [0.717, 1.165) is 22.8 Å². The van der Waals surface area contributed by atoms with E-state index in [0.29, 0.717) is 37.9 Å². The SMILES string of the molecule is O=C(Nc1ccc(N2CCN(C(=O)c3cccs3)CC2)nc1)c1ccc(F)cc1F. The Hall–Kier alpha value is -3.33. The molecule has 0 atom stereocenters. The average Bonchev–Trinajstić information content (AvgIpc) is 3.29. The molecule has 1 saturated heterocycles. The van der Waals surface area contributed by atoms with Crippen LogP contribution in [0.5, 0.6) is 0 Å². The van der Waals surface area contributed by atoms with Crippen LogP contribution in [0.25, 0.3) is 0 Å². The van der Waals surface area contributed by atoms with Gasteiger partial charge in [0.1, 0.15) is 17.5 Å². The molecule has 0 radical (unpaired) electrons. The van der Waals surface area contributed by atoms with Crippen LogP contribution in [0.2, 0.25) is 0 Å². The largest absolute Gasteiger partial charge is 0.353 e. The van der Waals surface area contributed by atoms with Crippen molar-refractivity contribution in [3.05, 3.63) is 76.1 Å². The van der Waals surface area contributed by atoms with E-state index < -0.39 is 17.5 Å². The molecule has 2 aromatic heterocycles. The lowest BCUT2D eigenvalue weighted by Crippen LogP contribution is -2.48. The highest BCUT2D eigenvalue weighted by Crippen LogP contribution is 2.19. The lowest BCUT2D eigenvalue weighted by molar-refractivity contribution is 0.0751. The second kappa shape index (κ2) is 8.58. The molecule has 0 spiro atoms. The van der Waals surface area contributed by atoms with E-state index in [-0.39, 0.29) is 11.5 Å². The predicted octanol–water partition coefficient (Wildman–Crippen LogP) is 3.64. The van der Waals surface area contributed by atoms with E-state index in [1.54, 1.807) is 12.1 Å². The summed E-state index contributed by atoms with van der Waals surface area (Å²) >= 11 is 1.43. The summed E-state index contributed by atoms with van der Waals surface area (Å²) < 4.78 is 26.7. The lowest BCUT2D eigenvalue weighted by atomic mass is 10.2. The van der Waals surface area contributed by atoms with Crippen molar-refractivity contribution in [3.63, 3.8) is 0 Å².